The Hall–Kier alpha value is -6.37. The molecular weight excluding hydrogens is 717 g/mol. The summed E-state index contributed by atoms with van der Waals surface area (Å²) in [5.41, 5.74) is 9.83. The second kappa shape index (κ2) is 16.2. The lowest BCUT2D eigenvalue weighted by atomic mass is 9.87. The molecule has 6 nitrogen and oxygen atoms in total. The fourth-order valence-corrected chi connectivity index (χ4v) is 8.61. The number of hydrogen-bond acceptors (Lipinski definition) is 6. The lowest BCUT2D eigenvalue weighted by Gasteiger charge is -2.21. The first kappa shape index (κ1) is 37.2. The van der Waals surface area contributed by atoms with E-state index in [9.17, 15) is 4.79 Å². The average Bonchev–Trinajstić information content (AvgIpc) is 3.96. The number of epoxide rings is 1. The molecule has 1 aliphatic heterocycles. The highest BCUT2D eigenvalue weighted by Gasteiger charge is 2.51. The van der Waals surface area contributed by atoms with Crippen LogP contribution in [0, 0.1) is 0 Å². The zero-order valence-electron chi connectivity index (χ0n) is 33.1. The summed E-state index contributed by atoms with van der Waals surface area (Å²) in [5.74, 6) is 0.940. The van der Waals surface area contributed by atoms with E-state index < -0.39 is 5.97 Å². The van der Waals surface area contributed by atoms with Gasteiger partial charge >= 0.3 is 5.97 Å². The molecular formula is C52H48N2O4. The number of benzene rings is 7. The van der Waals surface area contributed by atoms with Gasteiger partial charge in [0.1, 0.15) is 23.7 Å². The number of nitrogens with zero attached hydrogens (tertiary/aromatic N) is 2. The molecule has 2 fully saturated rings. The van der Waals surface area contributed by atoms with Crippen molar-refractivity contribution in [1.29, 1.82) is 0 Å². The van der Waals surface area contributed by atoms with Crippen molar-refractivity contribution >= 4 is 50.3 Å². The van der Waals surface area contributed by atoms with Crippen LogP contribution in [0.5, 0.6) is 11.5 Å². The van der Waals surface area contributed by atoms with Gasteiger partial charge in [-0.25, -0.2) is 4.79 Å². The van der Waals surface area contributed by atoms with E-state index >= 15 is 0 Å². The highest BCUT2D eigenvalue weighted by Crippen LogP contribution is 2.41. The first-order valence-corrected chi connectivity index (χ1v) is 20.3. The van der Waals surface area contributed by atoms with Gasteiger partial charge in [-0.15, -0.1) is 0 Å². The lowest BCUT2D eigenvalue weighted by Crippen LogP contribution is -2.19. The zero-order chi connectivity index (χ0) is 39.6. The number of hydrogen-bond donors (Lipinski definition) is 0. The summed E-state index contributed by atoms with van der Waals surface area (Å²) in [6.07, 6.45) is 8.08. The summed E-state index contributed by atoms with van der Waals surface area (Å²) in [6.45, 7) is 3.46. The maximum absolute atomic E-state index is 11.6. The van der Waals surface area contributed by atoms with Crippen LogP contribution in [-0.4, -0.2) is 38.4 Å². The van der Waals surface area contributed by atoms with Crippen molar-refractivity contribution in [1.82, 2.24) is 0 Å². The van der Waals surface area contributed by atoms with Crippen LogP contribution in [0.3, 0.4) is 0 Å². The molecule has 58 heavy (non-hydrogen) atoms. The summed E-state index contributed by atoms with van der Waals surface area (Å²) in [5, 5.41) is 5.38. The maximum atomic E-state index is 11.6. The fraction of sp³-hybridized carbons (Fsp3) is 0.212. The Morgan fingerprint density at radius 3 is 1.38 bits per heavy atom. The molecule has 0 spiro atoms. The van der Waals surface area contributed by atoms with E-state index in [2.05, 4.69) is 145 Å². The number of ether oxygens (including phenoxy) is 3. The number of carbonyl (C=O) groups excluding carboxylic acids is 1. The number of anilines is 4. The number of carbonyl (C=O) groups is 1. The van der Waals surface area contributed by atoms with Crippen molar-refractivity contribution in [2.24, 2.45) is 0 Å². The largest absolute Gasteiger partial charge is 0.488 e. The number of esters is 1. The van der Waals surface area contributed by atoms with Gasteiger partial charge in [0.15, 0.2) is 0 Å². The third kappa shape index (κ3) is 7.80. The van der Waals surface area contributed by atoms with E-state index in [0.717, 1.165) is 73.1 Å². The Morgan fingerprint density at radius 2 is 1.00 bits per heavy atom. The molecule has 0 bridgehead atoms. The van der Waals surface area contributed by atoms with Crippen molar-refractivity contribution in [2.45, 2.75) is 56.8 Å². The van der Waals surface area contributed by atoms with Crippen molar-refractivity contribution in [3.63, 3.8) is 0 Å². The third-order valence-corrected chi connectivity index (χ3v) is 12.0. The van der Waals surface area contributed by atoms with Crippen LogP contribution in [0.4, 0.5) is 22.7 Å². The molecule has 0 amide bonds. The zero-order valence-corrected chi connectivity index (χ0v) is 33.1. The van der Waals surface area contributed by atoms with E-state index in [1.807, 2.05) is 19.2 Å². The molecule has 290 valence electrons. The summed E-state index contributed by atoms with van der Waals surface area (Å²) < 4.78 is 17.1. The predicted octanol–water partition coefficient (Wildman–Crippen LogP) is 11.5. The molecule has 3 unspecified atom stereocenters. The van der Waals surface area contributed by atoms with Crippen LogP contribution in [0.1, 0.15) is 35.1 Å². The number of rotatable bonds is 14. The molecule has 6 heteroatoms. The SMILES string of the molecule is C=CC(=O)Oc1ccc(N(C)c2ccc(CCc3c4ccccc4c(CCc4ccc(N(C)c5ccc(OC6CCC7OC67)cc5)cc4)c4ccccc34)cc2)cc1. The molecule has 3 atom stereocenters. The monoisotopic (exact) mass is 764 g/mol. The molecule has 7 aromatic rings. The van der Waals surface area contributed by atoms with Gasteiger partial charge in [-0.05, 0) is 155 Å². The van der Waals surface area contributed by atoms with E-state index in [0.29, 0.717) is 18.0 Å². The van der Waals surface area contributed by atoms with Crippen LogP contribution in [0.25, 0.3) is 21.5 Å². The van der Waals surface area contributed by atoms with Crippen LogP contribution < -0.4 is 19.3 Å². The summed E-state index contributed by atoms with van der Waals surface area (Å²) in [6, 6.07) is 51.6. The summed E-state index contributed by atoms with van der Waals surface area (Å²) >= 11 is 0. The Balaban J connectivity index is 0.870. The minimum Gasteiger partial charge on any atom is -0.488 e. The second-order valence-corrected chi connectivity index (χ2v) is 15.5. The highest BCUT2D eigenvalue weighted by molar-refractivity contribution is 6.06. The Morgan fingerprint density at radius 1 is 0.586 bits per heavy atom. The molecule has 1 saturated heterocycles. The predicted molar refractivity (Wildman–Crippen MR) is 236 cm³/mol. The molecule has 0 N–H and O–H groups in total. The van der Waals surface area contributed by atoms with E-state index in [1.165, 1.54) is 43.8 Å². The van der Waals surface area contributed by atoms with E-state index in [1.54, 1.807) is 12.1 Å². The van der Waals surface area contributed by atoms with Gasteiger partial charge in [-0.2, -0.15) is 0 Å². The van der Waals surface area contributed by atoms with Gasteiger partial charge in [-0.1, -0.05) is 79.4 Å². The first-order valence-electron chi connectivity index (χ1n) is 20.3. The average molecular weight is 765 g/mol. The van der Waals surface area contributed by atoms with Gasteiger partial charge in [0.2, 0.25) is 0 Å². The Kier molecular flexibility index (Phi) is 10.4. The van der Waals surface area contributed by atoms with Crippen LogP contribution >= 0.6 is 0 Å². The van der Waals surface area contributed by atoms with Crippen LogP contribution in [-0.2, 0) is 35.2 Å². The number of aryl methyl sites for hydroxylation is 4. The summed E-state index contributed by atoms with van der Waals surface area (Å²) in [7, 11) is 4.16. The highest BCUT2D eigenvalue weighted by atomic mass is 16.6. The molecule has 0 aromatic heterocycles. The molecule has 1 saturated carbocycles. The summed E-state index contributed by atoms with van der Waals surface area (Å²) in [4.78, 5) is 15.9. The van der Waals surface area contributed by atoms with Crippen molar-refractivity contribution in [3.8, 4) is 11.5 Å². The van der Waals surface area contributed by atoms with E-state index in [4.69, 9.17) is 14.2 Å². The molecule has 9 rings (SSSR count). The minimum absolute atomic E-state index is 0.191. The van der Waals surface area contributed by atoms with Crippen molar-refractivity contribution < 1.29 is 19.0 Å². The normalized spacial score (nSPS) is 16.8. The Bertz CT molecular complexity index is 2510. The van der Waals surface area contributed by atoms with Gasteiger partial charge in [0.25, 0.3) is 0 Å². The maximum Gasteiger partial charge on any atom is 0.335 e. The van der Waals surface area contributed by atoms with Crippen LogP contribution in [0.2, 0.25) is 0 Å². The Labute approximate surface area is 340 Å². The smallest absolute Gasteiger partial charge is 0.335 e. The van der Waals surface area contributed by atoms with Crippen LogP contribution in [0.15, 0.2) is 158 Å². The van der Waals surface area contributed by atoms with Crippen molar-refractivity contribution in [2.75, 3.05) is 23.9 Å². The first-order chi connectivity index (χ1) is 28.4. The third-order valence-electron chi connectivity index (χ3n) is 12.0. The topological polar surface area (TPSA) is 54.5 Å². The lowest BCUT2D eigenvalue weighted by molar-refractivity contribution is -0.128. The van der Waals surface area contributed by atoms with Gasteiger partial charge < -0.3 is 24.0 Å². The molecule has 2 aliphatic rings. The second-order valence-electron chi connectivity index (χ2n) is 15.5. The van der Waals surface area contributed by atoms with Gasteiger partial charge in [-0.3, -0.25) is 0 Å². The van der Waals surface area contributed by atoms with Gasteiger partial charge in [0, 0.05) is 42.9 Å². The quantitative estimate of drug-likeness (QED) is 0.0361. The molecule has 1 heterocycles. The molecule has 0 radical (unpaired) electrons. The van der Waals surface area contributed by atoms with Gasteiger partial charge in [0.05, 0.1) is 6.10 Å². The van der Waals surface area contributed by atoms with E-state index in [-0.39, 0.29) is 6.10 Å². The number of fused-ring (bicyclic) bond motifs is 3. The molecule has 1 aliphatic carbocycles. The molecule has 7 aromatic carbocycles. The minimum atomic E-state index is -0.466. The fourth-order valence-electron chi connectivity index (χ4n) is 8.61. The van der Waals surface area contributed by atoms with Crippen molar-refractivity contribution in [3.05, 3.63) is 181 Å². The standard InChI is InChI=1S/C52H48N2O4/c1-4-51(55)57-42-29-25-40(26-30-42)54(3)38-21-15-36(16-22-38)18-32-48-45-11-7-5-9-43(45)47(44-10-6-8-12-46(44)48)31-17-35-13-19-37(20-14-35)53(2)39-23-27-41(28-24-39)56-49-33-34-50-52(49)58-50/h4-16,19-30,49-50,52H,1,17-18,31-34H2,2-3H3.